The topological polar surface area (TPSA) is 50.4 Å². The maximum Gasteiger partial charge on any atom is 0.237 e. The quantitative estimate of drug-likeness (QED) is 0.557. The van der Waals surface area contributed by atoms with E-state index in [2.05, 4.69) is 16.6 Å². The summed E-state index contributed by atoms with van der Waals surface area (Å²) in [5.41, 5.74) is 0. The van der Waals surface area contributed by atoms with Crippen molar-refractivity contribution in [1.82, 2.24) is 10.6 Å². The van der Waals surface area contributed by atoms with Crippen molar-refractivity contribution in [1.29, 1.82) is 0 Å². The zero-order valence-corrected chi connectivity index (χ0v) is 7.67. The molecular weight excluding hydrogens is 168 g/mol. The van der Waals surface area contributed by atoms with Crippen LogP contribution in [-0.4, -0.2) is 38.3 Å². The van der Waals surface area contributed by atoms with Crippen molar-refractivity contribution >= 4 is 5.91 Å². The fourth-order valence-corrected chi connectivity index (χ4v) is 1.34. The van der Waals surface area contributed by atoms with Crippen molar-refractivity contribution in [2.75, 3.05) is 20.2 Å². The summed E-state index contributed by atoms with van der Waals surface area (Å²) >= 11 is 0. The number of hydrogen-bond donors (Lipinski definition) is 2. The SMILES string of the molecule is C#CCNC(=O)C1CC(OC)CN1. The molecule has 1 heterocycles. The van der Waals surface area contributed by atoms with Crippen LogP contribution in [0.1, 0.15) is 6.42 Å². The molecule has 1 rings (SSSR count). The van der Waals surface area contributed by atoms with E-state index in [0.717, 1.165) is 6.54 Å². The highest BCUT2D eigenvalue weighted by Crippen LogP contribution is 2.08. The number of methoxy groups -OCH3 is 1. The molecule has 1 aliphatic rings. The Hall–Kier alpha value is -1.05. The molecule has 1 amide bonds. The van der Waals surface area contributed by atoms with E-state index in [1.807, 2.05) is 0 Å². The summed E-state index contributed by atoms with van der Waals surface area (Å²) in [6.07, 6.45) is 5.87. The van der Waals surface area contributed by atoms with E-state index in [1.165, 1.54) is 0 Å². The summed E-state index contributed by atoms with van der Waals surface area (Å²) in [4.78, 5) is 11.3. The van der Waals surface area contributed by atoms with Gasteiger partial charge in [-0.05, 0) is 6.42 Å². The number of carbonyl (C=O) groups is 1. The highest BCUT2D eigenvalue weighted by molar-refractivity contribution is 5.82. The second-order valence-electron chi connectivity index (χ2n) is 2.98. The number of terminal acetylenes is 1. The van der Waals surface area contributed by atoms with Gasteiger partial charge in [-0.1, -0.05) is 5.92 Å². The van der Waals surface area contributed by atoms with Gasteiger partial charge in [-0.3, -0.25) is 4.79 Å². The fourth-order valence-electron chi connectivity index (χ4n) is 1.34. The summed E-state index contributed by atoms with van der Waals surface area (Å²) in [5.74, 6) is 2.31. The summed E-state index contributed by atoms with van der Waals surface area (Å²) < 4.78 is 5.11. The normalized spacial score (nSPS) is 26.8. The smallest absolute Gasteiger partial charge is 0.237 e. The van der Waals surface area contributed by atoms with Crippen molar-refractivity contribution in [3.8, 4) is 12.3 Å². The molecule has 0 saturated carbocycles. The maximum absolute atomic E-state index is 11.3. The second kappa shape index (κ2) is 4.85. The number of rotatable bonds is 3. The lowest BCUT2D eigenvalue weighted by Crippen LogP contribution is -2.40. The molecule has 4 heteroatoms. The van der Waals surface area contributed by atoms with Crippen molar-refractivity contribution in [3.05, 3.63) is 0 Å². The van der Waals surface area contributed by atoms with Crippen molar-refractivity contribution < 1.29 is 9.53 Å². The lowest BCUT2D eigenvalue weighted by Gasteiger charge is -2.08. The number of carbonyl (C=O) groups excluding carboxylic acids is 1. The van der Waals surface area contributed by atoms with E-state index < -0.39 is 0 Å². The van der Waals surface area contributed by atoms with Gasteiger partial charge in [0, 0.05) is 13.7 Å². The van der Waals surface area contributed by atoms with Gasteiger partial charge >= 0.3 is 0 Å². The molecule has 2 atom stereocenters. The predicted molar refractivity (Wildman–Crippen MR) is 49.0 cm³/mol. The van der Waals surface area contributed by atoms with Crippen LogP contribution in [0.2, 0.25) is 0 Å². The maximum atomic E-state index is 11.3. The van der Waals surface area contributed by atoms with Gasteiger partial charge in [-0.25, -0.2) is 0 Å². The first-order chi connectivity index (χ1) is 6.27. The lowest BCUT2D eigenvalue weighted by molar-refractivity contribution is -0.122. The standard InChI is InChI=1S/C9H14N2O2/c1-3-4-10-9(12)8-5-7(13-2)6-11-8/h1,7-8,11H,4-6H2,2H3,(H,10,12). The molecule has 2 unspecified atom stereocenters. The van der Waals surface area contributed by atoms with Gasteiger partial charge in [-0.15, -0.1) is 6.42 Å². The van der Waals surface area contributed by atoms with E-state index in [4.69, 9.17) is 11.2 Å². The molecule has 0 aliphatic carbocycles. The Morgan fingerprint density at radius 3 is 3.15 bits per heavy atom. The molecule has 2 N–H and O–H groups in total. The highest BCUT2D eigenvalue weighted by atomic mass is 16.5. The van der Waals surface area contributed by atoms with Crippen LogP contribution in [0.4, 0.5) is 0 Å². The van der Waals surface area contributed by atoms with Crippen LogP contribution in [0.3, 0.4) is 0 Å². The third-order valence-electron chi connectivity index (χ3n) is 2.11. The zero-order chi connectivity index (χ0) is 9.68. The number of nitrogens with one attached hydrogen (secondary N) is 2. The number of hydrogen-bond acceptors (Lipinski definition) is 3. The van der Waals surface area contributed by atoms with Crippen LogP contribution in [0.25, 0.3) is 0 Å². The minimum atomic E-state index is -0.154. The first-order valence-corrected chi connectivity index (χ1v) is 4.25. The Balaban J connectivity index is 2.30. The first-order valence-electron chi connectivity index (χ1n) is 4.25. The van der Waals surface area contributed by atoms with Crippen molar-refractivity contribution in [2.24, 2.45) is 0 Å². The molecule has 72 valence electrons. The van der Waals surface area contributed by atoms with Crippen molar-refractivity contribution in [3.63, 3.8) is 0 Å². The molecule has 1 fully saturated rings. The van der Waals surface area contributed by atoms with Gasteiger partial charge in [-0.2, -0.15) is 0 Å². The summed E-state index contributed by atoms with van der Waals surface area (Å²) in [6.45, 7) is 1.01. The summed E-state index contributed by atoms with van der Waals surface area (Å²) in [6, 6.07) is -0.154. The molecule has 1 saturated heterocycles. The van der Waals surface area contributed by atoms with Gasteiger partial charge in [0.2, 0.25) is 5.91 Å². The molecule has 0 aromatic rings. The monoisotopic (exact) mass is 182 g/mol. The third kappa shape index (κ3) is 2.72. The molecule has 0 aromatic carbocycles. The van der Waals surface area contributed by atoms with Crippen molar-refractivity contribution in [2.45, 2.75) is 18.6 Å². The van der Waals surface area contributed by atoms with E-state index >= 15 is 0 Å². The van der Waals surface area contributed by atoms with Gasteiger partial charge in [0.15, 0.2) is 0 Å². The lowest BCUT2D eigenvalue weighted by atomic mass is 10.2. The third-order valence-corrected chi connectivity index (χ3v) is 2.11. The molecule has 4 nitrogen and oxygen atoms in total. The first kappa shape index (κ1) is 10.0. The second-order valence-corrected chi connectivity index (χ2v) is 2.98. The summed E-state index contributed by atoms with van der Waals surface area (Å²) in [5, 5.41) is 5.69. The fraction of sp³-hybridized carbons (Fsp3) is 0.667. The zero-order valence-electron chi connectivity index (χ0n) is 7.67. The highest BCUT2D eigenvalue weighted by Gasteiger charge is 2.28. The molecule has 0 aromatic heterocycles. The van der Waals surface area contributed by atoms with Gasteiger partial charge in [0.25, 0.3) is 0 Å². The minimum absolute atomic E-state index is 0.0440. The average molecular weight is 182 g/mol. The van der Waals surface area contributed by atoms with Crippen LogP contribution in [0.15, 0.2) is 0 Å². The van der Waals surface area contributed by atoms with Crippen LogP contribution >= 0.6 is 0 Å². The molecular formula is C9H14N2O2. The predicted octanol–water partition coefficient (Wildman–Crippen LogP) is -0.887. The van der Waals surface area contributed by atoms with Gasteiger partial charge in [0.05, 0.1) is 18.7 Å². The van der Waals surface area contributed by atoms with Crippen LogP contribution in [-0.2, 0) is 9.53 Å². The van der Waals surface area contributed by atoms with E-state index in [1.54, 1.807) is 7.11 Å². The Morgan fingerprint density at radius 1 is 1.85 bits per heavy atom. The van der Waals surface area contributed by atoms with Crippen LogP contribution in [0.5, 0.6) is 0 Å². The minimum Gasteiger partial charge on any atom is -0.380 e. The molecule has 0 bridgehead atoms. The van der Waals surface area contributed by atoms with Crippen LogP contribution < -0.4 is 10.6 Å². The summed E-state index contributed by atoms with van der Waals surface area (Å²) in [7, 11) is 1.65. The molecule has 1 aliphatic heterocycles. The van der Waals surface area contributed by atoms with Crippen LogP contribution in [0, 0.1) is 12.3 Å². The Bertz CT molecular complexity index is 222. The van der Waals surface area contributed by atoms with E-state index in [0.29, 0.717) is 6.42 Å². The Labute approximate surface area is 78.0 Å². The molecule has 0 radical (unpaired) electrons. The largest absolute Gasteiger partial charge is 0.380 e. The molecule has 0 spiro atoms. The number of amides is 1. The number of ether oxygens (including phenoxy) is 1. The average Bonchev–Trinajstić information content (AvgIpc) is 2.62. The van der Waals surface area contributed by atoms with Gasteiger partial charge < -0.3 is 15.4 Å². The van der Waals surface area contributed by atoms with Gasteiger partial charge in [0.1, 0.15) is 0 Å². The molecule has 13 heavy (non-hydrogen) atoms. The Morgan fingerprint density at radius 2 is 2.62 bits per heavy atom. The van der Waals surface area contributed by atoms with E-state index in [9.17, 15) is 4.79 Å². The Kier molecular flexibility index (Phi) is 3.74. The van der Waals surface area contributed by atoms with E-state index in [-0.39, 0.29) is 24.6 Å².